The number of carbonyl (C=O) groups is 2. The minimum atomic E-state index is -0.114. The Hall–Kier alpha value is -0.900. The summed E-state index contributed by atoms with van der Waals surface area (Å²) in [7, 11) is 2.09. The number of amides is 2. The molecule has 0 aromatic heterocycles. The number of imide groups is 1. The smallest absolute Gasteiger partial charge is 0.230 e. The van der Waals surface area contributed by atoms with Crippen molar-refractivity contribution in [1.82, 2.24) is 10.2 Å². The lowest BCUT2D eigenvalue weighted by Gasteiger charge is -2.48. The van der Waals surface area contributed by atoms with Gasteiger partial charge >= 0.3 is 0 Å². The summed E-state index contributed by atoms with van der Waals surface area (Å²) >= 11 is 0. The molecule has 0 aliphatic carbocycles. The SMILES string of the molecule is CC(C)CC1C(=O)NC(=O)CC12CCCN(C)C2. The van der Waals surface area contributed by atoms with Crippen molar-refractivity contribution in [1.29, 1.82) is 0 Å². The highest BCUT2D eigenvalue weighted by molar-refractivity contribution is 5.99. The number of nitrogens with zero attached hydrogens (tertiary/aromatic N) is 1. The normalized spacial score (nSPS) is 34.1. The van der Waals surface area contributed by atoms with E-state index >= 15 is 0 Å². The molecule has 2 unspecified atom stereocenters. The fourth-order valence-electron chi connectivity index (χ4n) is 3.64. The summed E-state index contributed by atoms with van der Waals surface area (Å²) < 4.78 is 0. The standard InChI is InChI=1S/C14H24N2O2/c1-10(2)7-11-13(18)15-12(17)8-14(11)5-4-6-16(3)9-14/h10-11H,4-9H2,1-3H3,(H,15,17,18). The first-order valence-corrected chi connectivity index (χ1v) is 6.95. The summed E-state index contributed by atoms with van der Waals surface area (Å²) in [6.07, 6.45) is 3.49. The first-order valence-electron chi connectivity index (χ1n) is 6.95. The third-order valence-electron chi connectivity index (χ3n) is 4.34. The van der Waals surface area contributed by atoms with E-state index in [9.17, 15) is 9.59 Å². The zero-order chi connectivity index (χ0) is 13.3. The molecule has 2 saturated heterocycles. The van der Waals surface area contributed by atoms with Gasteiger partial charge in [0.05, 0.1) is 0 Å². The Kier molecular flexibility index (Phi) is 3.76. The maximum absolute atomic E-state index is 12.2. The summed E-state index contributed by atoms with van der Waals surface area (Å²) in [6, 6.07) is 0. The average Bonchev–Trinajstić information content (AvgIpc) is 2.23. The molecule has 0 aromatic carbocycles. The Morgan fingerprint density at radius 1 is 1.44 bits per heavy atom. The lowest BCUT2D eigenvalue weighted by molar-refractivity contribution is -0.147. The van der Waals surface area contributed by atoms with Gasteiger partial charge in [-0.05, 0) is 38.8 Å². The molecule has 2 heterocycles. The largest absolute Gasteiger partial charge is 0.306 e. The second kappa shape index (κ2) is 5.00. The minimum absolute atomic E-state index is 0.00190. The Labute approximate surface area is 109 Å². The van der Waals surface area contributed by atoms with Crippen LogP contribution >= 0.6 is 0 Å². The van der Waals surface area contributed by atoms with Crippen molar-refractivity contribution >= 4 is 11.8 Å². The molecular weight excluding hydrogens is 228 g/mol. The van der Waals surface area contributed by atoms with E-state index < -0.39 is 0 Å². The van der Waals surface area contributed by atoms with E-state index in [1.807, 2.05) is 0 Å². The first-order chi connectivity index (χ1) is 8.43. The molecule has 0 bridgehead atoms. The molecule has 2 atom stereocenters. The van der Waals surface area contributed by atoms with Crippen LogP contribution in [-0.2, 0) is 9.59 Å². The number of piperidine rings is 2. The minimum Gasteiger partial charge on any atom is -0.306 e. The Balaban J connectivity index is 2.25. The summed E-state index contributed by atoms with van der Waals surface area (Å²) in [5.74, 6) is 0.349. The van der Waals surface area contributed by atoms with Gasteiger partial charge in [0.2, 0.25) is 11.8 Å². The van der Waals surface area contributed by atoms with Crippen LogP contribution in [0.5, 0.6) is 0 Å². The quantitative estimate of drug-likeness (QED) is 0.756. The third-order valence-corrected chi connectivity index (χ3v) is 4.34. The van der Waals surface area contributed by atoms with Crippen molar-refractivity contribution in [2.45, 2.75) is 39.5 Å². The molecule has 2 fully saturated rings. The van der Waals surface area contributed by atoms with Crippen LogP contribution in [0.1, 0.15) is 39.5 Å². The van der Waals surface area contributed by atoms with Crippen molar-refractivity contribution < 1.29 is 9.59 Å². The number of hydrogen-bond acceptors (Lipinski definition) is 3. The molecule has 2 aliphatic heterocycles. The predicted octanol–water partition coefficient (Wildman–Crippen LogP) is 1.41. The van der Waals surface area contributed by atoms with Crippen molar-refractivity contribution in [3.05, 3.63) is 0 Å². The predicted molar refractivity (Wildman–Crippen MR) is 69.9 cm³/mol. The van der Waals surface area contributed by atoms with Gasteiger partial charge in [-0.2, -0.15) is 0 Å². The van der Waals surface area contributed by atoms with Crippen LogP contribution in [0.3, 0.4) is 0 Å². The summed E-state index contributed by atoms with van der Waals surface area (Å²) in [6.45, 7) is 6.24. The summed E-state index contributed by atoms with van der Waals surface area (Å²) in [5.41, 5.74) is -0.114. The zero-order valence-electron chi connectivity index (χ0n) is 11.7. The van der Waals surface area contributed by atoms with Crippen LogP contribution < -0.4 is 5.32 Å². The summed E-state index contributed by atoms with van der Waals surface area (Å²) in [5, 5.41) is 2.52. The first kappa shape index (κ1) is 13.5. The lowest BCUT2D eigenvalue weighted by atomic mass is 9.63. The van der Waals surface area contributed by atoms with E-state index in [1.165, 1.54) is 0 Å². The van der Waals surface area contributed by atoms with Crippen molar-refractivity contribution in [3.8, 4) is 0 Å². The molecule has 1 spiro atoms. The monoisotopic (exact) mass is 252 g/mol. The van der Waals surface area contributed by atoms with Gasteiger partial charge < -0.3 is 4.90 Å². The van der Waals surface area contributed by atoms with Gasteiger partial charge in [0.25, 0.3) is 0 Å². The third kappa shape index (κ3) is 2.58. The highest BCUT2D eigenvalue weighted by Gasteiger charge is 2.49. The second-order valence-electron chi connectivity index (χ2n) is 6.48. The van der Waals surface area contributed by atoms with Gasteiger partial charge in [0, 0.05) is 24.3 Å². The topological polar surface area (TPSA) is 49.4 Å². The van der Waals surface area contributed by atoms with Crippen LogP contribution in [0.15, 0.2) is 0 Å². The van der Waals surface area contributed by atoms with Crippen molar-refractivity contribution in [2.24, 2.45) is 17.3 Å². The van der Waals surface area contributed by atoms with E-state index in [0.717, 1.165) is 32.4 Å². The van der Waals surface area contributed by atoms with Crippen LogP contribution in [0.4, 0.5) is 0 Å². The number of likely N-dealkylation sites (tertiary alicyclic amines) is 1. The average molecular weight is 252 g/mol. The maximum Gasteiger partial charge on any atom is 0.230 e. The van der Waals surface area contributed by atoms with Gasteiger partial charge in [0.15, 0.2) is 0 Å². The maximum atomic E-state index is 12.2. The Bertz CT molecular complexity index is 354. The molecule has 102 valence electrons. The molecular formula is C14H24N2O2. The van der Waals surface area contributed by atoms with E-state index in [0.29, 0.717) is 12.3 Å². The highest BCUT2D eigenvalue weighted by atomic mass is 16.2. The molecule has 0 aromatic rings. The highest BCUT2D eigenvalue weighted by Crippen LogP contribution is 2.45. The fraction of sp³-hybridized carbons (Fsp3) is 0.857. The number of rotatable bonds is 2. The van der Waals surface area contributed by atoms with Crippen LogP contribution in [0.25, 0.3) is 0 Å². The van der Waals surface area contributed by atoms with Crippen LogP contribution in [-0.4, -0.2) is 36.9 Å². The Morgan fingerprint density at radius 3 is 2.78 bits per heavy atom. The van der Waals surface area contributed by atoms with Gasteiger partial charge in [-0.1, -0.05) is 13.8 Å². The second-order valence-corrected chi connectivity index (χ2v) is 6.48. The molecule has 0 radical (unpaired) electrons. The zero-order valence-corrected chi connectivity index (χ0v) is 11.7. The van der Waals surface area contributed by atoms with E-state index in [2.05, 4.69) is 31.1 Å². The van der Waals surface area contributed by atoms with Gasteiger partial charge in [-0.25, -0.2) is 0 Å². The van der Waals surface area contributed by atoms with Crippen LogP contribution in [0, 0.1) is 17.3 Å². The van der Waals surface area contributed by atoms with Crippen molar-refractivity contribution in [2.75, 3.05) is 20.1 Å². The van der Waals surface area contributed by atoms with Gasteiger partial charge in [0.1, 0.15) is 0 Å². The summed E-state index contributed by atoms with van der Waals surface area (Å²) in [4.78, 5) is 26.2. The number of nitrogens with one attached hydrogen (secondary N) is 1. The molecule has 1 N–H and O–H groups in total. The molecule has 18 heavy (non-hydrogen) atoms. The number of carbonyl (C=O) groups excluding carboxylic acids is 2. The molecule has 4 heteroatoms. The van der Waals surface area contributed by atoms with E-state index in [4.69, 9.17) is 0 Å². The van der Waals surface area contributed by atoms with Gasteiger partial charge in [-0.15, -0.1) is 0 Å². The van der Waals surface area contributed by atoms with Crippen LogP contribution in [0.2, 0.25) is 0 Å². The fourth-order valence-corrected chi connectivity index (χ4v) is 3.64. The number of hydrogen-bond donors (Lipinski definition) is 1. The molecule has 2 rings (SSSR count). The molecule has 2 amide bonds. The van der Waals surface area contributed by atoms with Gasteiger partial charge in [-0.3, -0.25) is 14.9 Å². The molecule has 0 saturated carbocycles. The van der Waals surface area contributed by atoms with Crippen molar-refractivity contribution in [3.63, 3.8) is 0 Å². The lowest BCUT2D eigenvalue weighted by Crippen LogP contribution is -2.57. The molecule has 4 nitrogen and oxygen atoms in total. The van der Waals surface area contributed by atoms with E-state index in [-0.39, 0.29) is 23.1 Å². The Morgan fingerprint density at radius 2 is 2.17 bits per heavy atom. The van der Waals surface area contributed by atoms with E-state index in [1.54, 1.807) is 0 Å². The molecule has 2 aliphatic rings.